The maximum Gasteiger partial charge on any atom is 0.232 e. The highest BCUT2D eigenvalue weighted by atomic mass is 16.5. The Hall–Kier alpha value is -3.29. The average Bonchev–Trinajstić information content (AvgIpc) is 3.44. The summed E-state index contributed by atoms with van der Waals surface area (Å²) < 4.78 is 22.0. The second kappa shape index (κ2) is 7.98. The molecule has 1 saturated heterocycles. The number of benzene rings is 1. The van der Waals surface area contributed by atoms with Crippen molar-refractivity contribution in [2.24, 2.45) is 0 Å². The SMILES string of the molecule is COc1cc(-c2noc(C3CC(=O)N(Cc4ccco4)C3)n2)ccc1OC(C)C. The van der Waals surface area contributed by atoms with Gasteiger partial charge >= 0.3 is 0 Å². The second-order valence-corrected chi connectivity index (χ2v) is 7.24. The van der Waals surface area contributed by atoms with E-state index in [4.69, 9.17) is 18.4 Å². The molecule has 1 atom stereocenters. The molecule has 3 aromatic rings. The molecule has 2 aromatic heterocycles. The molecule has 0 spiro atoms. The summed E-state index contributed by atoms with van der Waals surface area (Å²) in [5.74, 6) is 2.82. The fraction of sp³-hybridized carbons (Fsp3) is 0.381. The predicted octanol–water partition coefficient (Wildman–Crippen LogP) is 3.64. The molecule has 0 N–H and O–H groups in total. The van der Waals surface area contributed by atoms with E-state index in [1.54, 1.807) is 18.3 Å². The topological polar surface area (TPSA) is 90.8 Å². The Balaban J connectivity index is 1.49. The lowest BCUT2D eigenvalue weighted by molar-refractivity contribution is -0.128. The van der Waals surface area contributed by atoms with E-state index in [0.717, 1.165) is 11.3 Å². The van der Waals surface area contributed by atoms with E-state index in [-0.39, 0.29) is 17.9 Å². The van der Waals surface area contributed by atoms with Crippen molar-refractivity contribution in [2.75, 3.05) is 13.7 Å². The lowest BCUT2D eigenvalue weighted by Gasteiger charge is -2.14. The number of amides is 1. The summed E-state index contributed by atoms with van der Waals surface area (Å²) in [6.07, 6.45) is 1.98. The smallest absolute Gasteiger partial charge is 0.232 e. The van der Waals surface area contributed by atoms with Crippen molar-refractivity contribution in [3.05, 3.63) is 48.2 Å². The highest BCUT2D eigenvalue weighted by molar-refractivity contribution is 5.79. The fourth-order valence-electron chi connectivity index (χ4n) is 3.36. The third-order valence-corrected chi connectivity index (χ3v) is 4.72. The van der Waals surface area contributed by atoms with Gasteiger partial charge in [0.25, 0.3) is 0 Å². The summed E-state index contributed by atoms with van der Waals surface area (Å²) in [4.78, 5) is 18.6. The summed E-state index contributed by atoms with van der Waals surface area (Å²) in [7, 11) is 1.59. The van der Waals surface area contributed by atoms with Crippen molar-refractivity contribution in [1.29, 1.82) is 0 Å². The maximum atomic E-state index is 12.3. The molecule has 1 unspecified atom stereocenters. The third-order valence-electron chi connectivity index (χ3n) is 4.72. The molecule has 1 amide bonds. The van der Waals surface area contributed by atoms with Crippen LogP contribution in [0.3, 0.4) is 0 Å². The van der Waals surface area contributed by atoms with Crippen LogP contribution in [0.1, 0.15) is 37.8 Å². The zero-order chi connectivity index (χ0) is 20.4. The van der Waals surface area contributed by atoms with Gasteiger partial charge in [0.05, 0.1) is 31.9 Å². The molecule has 0 radical (unpaired) electrons. The monoisotopic (exact) mass is 397 g/mol. The minimum absolute atomic E-state index is 0.0376. The molecular formula is C21H23N3O5. The number of hydrogen-bond acceptors (Lipinski definition) is 7. The highest BCUT2D eigenvalue weighted by Gasteiger charge is 2.34. The van der Waals surface area contributed by atoms with Crippen LogP contribution in [0, 0.1) is 0 Å². The van der Waals surface area contributed by atoms with E-state index >= 15 is 0 Å². The molecule has 1 fully saturated rings. The van der Waals surface area contributed by atoms with Gasteiger partial charge in [0.15, 0.2) is 11.5 Å². The Labute approximate surface area is 168 Å². The number of ether oxygens (including phenoxy) is 2. The Bertz CT molecular complexity index is 980. The second-order valence-electron chi connectivity index (χ2n) is 7.24. The summed E-state index contributed by atoms with van der Waals surface area (Å²) >= 11 is 0. The van der Waals surface area contributed by atoms with Gasteiger partial charge in [-0.05, 0) is 44.2 Å². The molecule has 8 nitrogen and oxygen atoms in total. The van der Waals surface area contributed by atoms with Crippen LogP contribution in [0.2, 0.25) is 0 Å². The van der Waals surface area contributed by atoms with Crippen LogP contribution in [-0.2, 0) is 11.3 Å². The van der Waals surface area contributed by atoms with E-state index in [1.165, 1.54) is 0 Å². The van der Waals surface area contributed by atoms with Gasteiger partial charge in [-0.3, -0.25) is 4.79 Å². The van der Waals surface area contributed by atoms with Crippen molar-refractivity contribution < 1.29 is 23.2 Å². The van der Waals surface area contributed by atoms with Gasteiger partial charge in [0.2, 0.25) is 17.6 Å². The van der Waals surface area contributed by atoms with Gasteiger partial charge in [0.1, 0.15) is 5.76 Å². The summed E-state index contributed by atoms with van der Waals surface area (Å²) in [5, 5.41) is 4.09. The number of hydrogen-bond donors (Lipinski definition) is 0. The first-order valence-corrected chi connectivity index (χ1v) is 9.52. The first-order valence-electron chi connectivity index (χ1n) is 9.52. The number of carbonyl (C=O) groups excluding carboxylic acids is 1. The van der Waals surface area contributed by atoms with Crippen molar-refractivity contribution in [2.45, 2.75) is 38.8 Å². The number of likely N-dealkylation sites (tertiary alicyclic amines) is 1. The molecule has 8 heteroatoms. The highest BCUT2D eigenvalue weighted by Crippen LogP contribution is 2.34. The molecule has 1 aromatic carbocycles. The lowest BCUT2D eigenvalue weighted by atomic mass is 10.1. The van der Waals surface area contributed by atoms with Crippen molar-refractivity contribution in [3.8, 4) is 22.9 Å². The standard InChI is InChI=1S/C21H23N3O5/c1-13(2)28-17-7-6-14(9-18(17)26-3)20-22-21(29-23-20)15-10-19(25)24(11-15)12-16-5-4-8-27-16/h4-9,13,15H,10-12H2,1-3H3. The van der Waals surface area contributed by atoms with E-state index in [9.17, 15) is 4.79 Å². The van der Waals surface area contributed by atoms with Crippen LogP contribution in [0.5, 0.6) is 11.5 Å². The van der Waals surface area contributed by atoms with E-state index in [0.29, 0.717) is 42.7 Å². The summed E-state index contributed by atoms with van der Waals surface area (Å²) in [6.45, 7) is 4.87. The quantitative estimate of drug-likeness (QED) is 0.601. The summed E-state index contributed by atoms with van der Waals surface area (Å²) in [6, 6.07) is 9.16. The molecule has 4 rings (SSSR count). The molecule has 1 aliphatic rings. The average molecular weight is 397 g/mol. The van der Waals surface area contributed by atoms with Crippen molar-refractivity contribution in [3.63, 3.8) is 0 Å². The number of nitrogens with zero attached hydrogens (tertiary/aromatic N) is 3. The predicted molar refractivity (Wildman–Crippen MR) is 104 cm³/mol. The summed E-state index contributed by atoms with van der Waals surface area (Å²) in [5.41, 5.74) is 0.754. The van der Waals surface area contributed by atoms with E-state index in [1.807, 2.05) is 44.2 Å². The largest absolute Gasteiger partial charge is 0.493 e. The van der Waals surface area contributed by atoms with Gasteiger partial charge in [-0.2, -0.15) is 4.98 Å². The Morgan fingerprint density at radius 2 is 2.14 bits per heavy atom. The van der Waals surface area contributed by atoms with Gasteiger partial charge in [-0.1, -0.05) is 5.16 Å². The van der Waals surface area contributed by atoms with Gasteiger partial charge in [-0.15, -0.1) is 0 Å². The first-order chi connectivity index (χ1) is 14.0. The van der Waals surface area contributed by atoms with Gasteiger partial charge < -0.3 is 23.3 Å². The van der Waals surface area contributed by atoms with Crippen LogP contribution in [0.15, 0.2) is 45.5 Å². The van der Waals surface area contributed by atoms with Crippen LogP contribution in [0.4, 0.5) is 0 Å². The Kier molecular flexibility index (Phi) is 5.24. The molecule has 1 aliphatic heterocycles. The molecular weight excluding hydrogens is 374 g/mol. The Morgan fingerprint density at radius 1 is 1.28 bits per heavy atom. The third kappa shape index (κ3) is 4.11. The zero-order valence-electron chi connectivity index (χ0n) is 16.6. The minimum Gasteiger partial charge on any atom is -0.493 e. The van der Waals surface area contributed by atoms with Crippen LogP contribution in [-0.4, -0.2) is 40.7 Å². The molecule has 0 saturated carbocycles. The zero-order valence-corrected chi connectivity index (χ0v) is 16.6. The van der Waals surface area contributed by atoms with E-state index < -0.39 is 0 Å². The van der Waals surface area contributed by atoms with Crippen molar-refractivity contribution in [1.82, 2.24) is 15.0 Å². The number of aromatic nitrogens is 2. The first kappa shape index (κ1) is 19.0. The Morgan fingerprint density at radius 3 is 2.86 bits per heavy atom. The number of methoxy groups -OCH3 is 1. The molecule has 152 valence electrons. The maximum absolute atomic E-state index is 12.3. The fourth-order valence-corrected chi connectivity index (χ4v) is 3.36. The van der Waals surface area contributed by atoms with Gasteiger partial charge in [0, 0.05) is 18.5 Å². The minimum atomic E-state index is -0.135. The number of rotatable bonds is 7. The molecule has 0 bridgehead atoms. The van der Waals surface area contributed by atoms with Crippen molar-refractivity contribution >= 4 is 5.91 Å². The van der Waals surface area contributed by atoms with Crippen LogP contribution < -0.4 is 9.47 Å². The number of carbonyl (C=O) groups is 1. The van der Waals surface area contributed by atoms with Gasteiger partial charge in [-0.25, -0.2) is 0 Å². The molecule has 3 heterocycles. The van der Waals surface area contributed by atoms with Crippen LogP contribution in [0.25, 0.3) is 11.4 Å². The number of furan rings is 1. The van der Waals surface area contributed by atoms with E-state index in [2.05, 4.69) is 10.1 Å². The van der Waals surface area contributed by atoms with Crippen LogP contribution >= 0.6 is 0 Å². The molecule has 29 heavy (non-hydrogen) atoms. The lowest BCUT2D eigenvalue weighted by Crippen LogP contribution is -2.24. The normalized spacial score (nSPS) is 16.6. The molecule has 0 aliphatic carbocycles.